The van der Waals surface area contributed by atoms with E-state index in [1.54, 1.807) is 6.07 Å². The number of unbranched alkanes of at least 4 members (excludes halogenated alkanes) is 1. The van der Waals surface area contributed by atoms with E-state index >= 15 is 0 Å². The van der Waals surface area contributed by atoms with E-state index in [1.807, 2.05) is 13.8 Å². The Labute approximate surface area is 110 Å². The third kappa shape index (κ3) is 4.37. The second-order valence-corrected chi connectivity index (χ2v) is 5.16. The van der Waals surface area contributed by atoms with Gasteiger partial charge in [0.15, 0.2) is 6.61 Å². The van der Waals surface area contributed by atoms with Gasteiger partial charge in [-0.15, -0.1) is 11.3 Å². The van der Waals surface area contributed by atoms with Gasteiger partial charge in [-0.2, -0.15) is 0 Å². The fraction of sp³-hybridized carbons (Fsp3) is 0.500. The third-order valence-corrected chi connectivity index (χ3v) is 3.39. The van der Waals surface area contributed by atoms with Gasteiger partial charge < -0.3 is 15.8 Å². The lowest BCUT2D eigenvalue weighted by Crippen LogP contribution is -2.29. The number of carbonyl (C=O) groups is 2. The highest BCUT2D eigenvalue weighted by atomic mass is 32.1. The van der Waals surface area contributed by atoms with E-state index in [4.69, 9.17) is 10.5 Å². The average Bonchev–Trinajstić information content (AvgIpc) is 2.67. The van der Waals surface area contributed by atoms with Crippen molar-refractivity contribution in [1.82, 2.24) is 5.32 Å². The number of amides is 1. The molecule has 0 aromatic carbocycles. The summed E-state index contributed by atoms with van der Waals surface area (Å²) in [6, 6.07) is 1.57. The third-order valence-electron chi connectivity index (χ3n) is 2.34. The Morgan fingerprint density at radius 2 is 2.22 bits per heavy atom. The van der Waals surface area contributed by atoms with Gasteiger partial charge in [0.25, 0.3) is 5.91 Å². The van der Waals surface area contributed by atoms with Gasteiger partial charge in [-0.1, -0.05) is 13.3 Å². The number of rotatable bonds is 6. The van der Waals surface area contributed by atoms with Crippen molar-refractivity contribution < 1.29 is 14.3 Å². The molecule has 0 spiro atoms. The molecule has 1 aromatic heterocycles. The highest BCUT2D eigenvalue weighted by molar-refractivity contribution is 7.14. The van der Waals surface area contributed by atoms with Crippen LogP contribution < -0.4 is 11.1 Å². The lowest BCUT2D eigenvalue weighted by Gasteiger charge is -2.04. The molecule has 1 amide bonds. The Kier molecular flexibility index (Phi) is 5.64. The minimum absolute atomic E-state index is 0.251. The summed E-state index contributed by atoms with van der Waals surface area (Å²) in [5.74, 6) is -0.788. The molecule has 5 nitrogen and oxygen atoms in total. The van der Waals surface area contributed by atoms with E-state index in [1.165, 1.54) is 11.3 Å². The quantitative estimate of drug-likeness (QED) is 0.609. The lowest BCUT2D eigenvalue weighted by atomic mass is 10.3. The summed E-state index contributed by atoms with van der Waals surface area (Å²) in [5, 5.41) is 2.67. The number of nitrogens with one attached hydrogen (secondary N) is 1. The molecule has 0 aliphatic rings. The Morgan fingerprint density at radius 3 is 2.78 bits per heavy atom. The van der Waals surface area contributed by atoms with E-state index < -0.39 is 5.97 Å². The molecule has 1 rings (SSSR count). The van der Waals surface area contributed by atoms with Gasteiger partial charge in [-0.3, -0.25) is 4.79 Å². The van der Waals surface area contributed by atoms with Crippen LogP contribution in [-0.2, 0) is 9.53 Å². The summed E-state index contributed by atoms with van der Waals surface area (Å²) in [6.07, 6.45) is 1.92. The zero-order valence-electron chi connectivity index (χ0n) is 10.6. The zero-order valence-corrected chi connectivity index (χ0v) is 11.4. The van der Waals surface area contributed by atoms with Gasteiger partial charge in [0.1, 0.15) is 4.88 Å². The first-order valence-corrected chi connectivity index (χ1v) is 6.66. The van der Waals surface area contributed by atoms with Crippen molar-refractivity contribution in [1.29, 1.82) is 0 Å². The highest BCUT2D eigenvalue weighted by Crippen LogP contribution is 2.23. The van der Waals surface area contributed by atoms with Crippen molar-refractivity contribution in [2.24, 2.45) is 0 Å². The molecule has 3 N–H and O–H groups in total. The maximum absolute atomic E-state index is 11.6. The summed E-state index contributed by atoms with van der Waals surface area (Å²) in [4.78, 5) is 24.2. The molecule has 0 aliphatic carbocycles. The van der Waals surface area contributed by atoms with Crippen molar-refractivity contribution in [2.75, 3.05) is 18.9 Å². The number of esters is 1. The van der Waals surface area contributed by atoms with Crippen LogP contribution in [0.4, 0.5) is 5.69 Å². The van der Waals surface area contributed by atoms with Crippen LogP contribution in [0.2, 0.25) is 0 Å². The normalized spacial score (nSPS) is 10.1. The predicted octanol–water partition coefficient (Wildman–Crippen LogP) is 1.71. The summed E-state index contributed by atoms with van der Waals surface area (Å²) in [6.45, 7) is 4.22. The van der Waals surface area contributed by atoms with Crippen LogP contribution in [0.1, 0.15) is 34.3 Å². The van der Waals surface area contributed by atoms with Crippen LogP contribution in [0.3, 0.4) is 0 Å². The molecule has 0 saturated carbocycles. The topological polar surface area (TPSA) is 81.4 Å². The predicted molar refractivity (Wildman–Crippen MR) is 71.7 cm³/mol. The van der Waals surface area contributed by atoms with Crippen molar-refractivity contribution in [2.45, 2.75) is 26.7 Å². The number of hydrogen-bond donors (Lipinski definition) is 2. The van der Waals surface area contributed by atoms with E-state index in [-0.39, 0.29) is 12.5 Å². The van der Waals surface area contributed by atoms with Crippen molar-refractivity contribution >= 4 is 28.9 Å². The monoisotopic (exact) mass is 270 g/mol. The first kappa shape index (κ1) is 14.5. The van der Waals surface area contributed by atoms with Crippen LogP contribution in [0, 0.1) is 6.92 Å². The molecule has 0 atom stereocenters. The number of anilines is 1. The Bertz CT molecular complexity index is 409. The first-order chi connectivity index (χ1) is 8.54. The molecule has 0 saturated heterocycles. The molecule has 0 aliphatic heterocycles. The maximum atomic E-state index is 11.6. The fourth-order valence-corrected chi connectivity index (χ4v) is 2.09. The summed E-state index contributed by atoms with van der Waals surface area (Å²) < 4.78 is 4.89. The van der Waals surface area contributed by atoms with E-state index in [0.29, 0.717) is 17.1 Å². The fourth-order valence-electron chi connectivity index (χ4n) is 1.25. The highest BCUT2D eigenvalue weighted by Gasteiger charge is 2.13. The van der Waals surface area contributed by atoms with Crippen molar-refractivity contribution in [3.8, 4) is 0 Å². The SMILES string of the molecule is CCCCNC(=O)COC(=O)c1cc(N)c(C)s1. The van der Waals surface area contributed by atoms with E-state index in [9.17, 15) is 9.59 Å². The molecule has 0 bridgehead atoms. The van der Waals surface area contributed by atoms with Crippen LogP contribution >= 0.6 is 11.3 Å². The Hall–Kier alpha value is -1.56. The Balaban J connectivity index is 2.35. The lowest BCUT2D eigenvalue weighted by molar-refractivity contribution is -0.124. The van der Waals surface area contributed by atoms with Gasteiger partial charge in [0, 0.05) is 17.1 Å². The number of nitrogens with two attached hydrogens (primary N) is 1. The second kappa shape index (κ2) is 7.00. The van der Waals surface area contributed by atoms with Crippen molar-refractivity contribution in [3.63, 3.8) is 0 Å². The van der Waals surface area contributed by atoms with Crippen LogP contribution in [-0.4, -0.2) is 25.0 Å². The smallest absolute Gasteiger partial charge is 0.348 e. The van der Waals surface area contributed by atoms with Gasteiger partial charge in [-0.05, 0) is 19.4 Å². The molecular formula is C12H18N2O3S. The van der Waals surface area contributed by atoms with Crippen LogP contribution in [0.25, 0.3) is 0 Å². The summed E-state index contributed by atoms with van der Waals surface area (Å²) in [7, 11) is 0. The zero-order chi connectivity index (χ0) is 13.5. The van der Waals surface area contributed by atoms with Gasteiger partial charge in [0.2, 0.25) is 0 Å². The second-order valence-electron chi connectivity index (χ2n) is 3.90. The van der Waals surface area contributed by atoms with Crippen LogP contribution in [0.5, 0.6) is 0 Å². The number of nitrogen functional groups attached to an aromatic ring is 1. The molecule has 0 radical (unpaired) electrons. The standard InChI is InChI=1S/C12H18N2O3S/c1-3-4-5-14-11(15)7-17-12(16)10-6-9(13)8(2)18-10/h6H,3-5,7,13H2,1-2H3,(H,14,15). The molecule has 1 heterocycles. The number of hydrogen-bond acceptors (Lipinski definition) is 5. The summed E-state index contributed by atoms with van der Waals surface area (Å²) >= 11 is 1.26. The molecular weight excluding hydrogens is 252 g/mol. The molecule has 6 heteroatoms. The number of carbonyl (C=O) groups excluding carboxylic acids is 2. The number of thiophene rings is 1. The minimum atomic E-state index is -0.509. The van der Waals surface area contributed by atoms with Crippen LogP contribution in [0.15, 0.2) is 6.07 Å². The Morgan fingerprint density at radius 1 is 1.50 bits per heavy atom. The molecule has 100 valence electrons. The van der Waals surface area contributed by atoms with Gasteiger partial charge >= 0.3 is 5.97 Å². The first-order valence-electron chi connectivity index (χ1n) is 5.84. The molecule has 18 heavy (non-hydrogen) atoms. The van der Waals surface area contributed by atoms with Gasteiger partial charge in [0.05, 0.1) is 0 Å². The molecule has 1 aromatic rings. The molecule has 0 unspecified atom stereocenters. The van der Waals surface area contributed by atoms with E-state index in [2.05, 4.69) is 5.32 Å². The maximum Gasteiger partial charge on any atom is 0.348 e. The van der Waals surface area contributed by atoms with Crippen molar-refractivity contribution in [3.05, 3.63) is 15.8 Å². The summed E-state index contributed by atoms with van der Waals surface area (Å²) in [5.41, 5.74) is 6.21. The number of ether oxygens (including phenoxy) is 1. The largest absolute Gasteiger partial charge is 0.451 e. The average molecular weight is 270 g/mol. The number of aryl methyl sites for hydroxylation is 1. The van der Waals surface area contributed by atoms with E-state index in [0.717, 1.165) is 17.7 Å². The molecule has 0 fully saturated rings. The minimum Gasteiger partial charge on any atom is -0.451 e. The van der Waals surface area contributed by atoms with Gasteiger partial charge in [-0.25, -0.2) is 4.79 Å².